The molecular formula is C26H43N9O6. The lowest BCUT2D eigenvalue weighted by atomic mass is 10.0. The number of amides is 4. The fourth-order valence-corrected chi connectivity index (χ4v) is 3.84. The Kier molecular flexibility index (Phi) is 16.1. The summed E-state index contributed by atoms with van der Waals surface area (Å²) in [5.41, 5.74) is 28.0. The zero-order chi connectivity index (χ0) is 30.8. The molecular weight excluding hydrogens is 534 g/mol. The van der Waals surface area contributed by atoms with Crippen molar-refractivity contribution < 1.29 is 29.1 Å². The molecule has 1 aromatic rings. The fourth-order valence-electron chi connectivity index (χ4n) is 3.84. The van der Waals surface area contributed by atoms with E-state index in [0.29, 0.717) is 37.8 Å². The van der Waals surface area contributed by atoms with Crippen molar-refractivity contribution in [3.63, 3.8) is 0 Å². The largest absolute Gasteiger partial charge is 0.480 e. The van der Waals surface area contributed by atoms with Gasteiger partial charge in [-0.3, -0.25) is 24.2 Å². The third kappa shape index (κ3) is 14.6. The van der Waals surface area contributed by atoms with Crippen LogP contribution in [0.1, 0.15) is 50.5 Å². The van der Waals surface area contributed by atoms with Gasteiger partial charge < -0.3 is 49.7 Å². The van der Waals surface area contributed by atoms with E-state index >= 15 is 0 Å². The van der Waals surface area contributed by atoms with E-state index in [4.69, 9.17) is 28.7 Å². The maximum Gasteiger partial charge on any atom is 0.326 e. The Morgan fingerprint density at radius 3 is 1.98 bits per heavy atom. The summed E-state index contributed by atoms with van der Waals surface area (Å²) in [5.74, 6) is -4.23. The van der Waals surface area contributed by atoms with E-state index in [1.54, 1.807) is 30.3 Å². The van der Waals surface area contributed by atoms with Crippen molar-refractivity contribution in [2.24, 2.45) is 33.7 Å². The number of aliphatic carboxylic acids is 1. The molecule has 0 heterocycles. The lowest BCUT2D eigenvalue weighted by Crippen LogP contribution is -2.57. The molecule has 0 spiro atoms. The second-order valence-electron chi connectivity index (χ2n) is 9.56. The fraction of sp³-hybridized carbons (Fsp3) is 0.538. The van der Waals surface area contributed by atoms with Gasteiger partial charge in [-0.15, -0.1) is 0 Å². The summed E-state index contributed by atoms with van der Waals surface area (Å²) < 4.78 is 0. The molecule has 0 radical (unpaired) electrons. The second-order valence-corrected chi connectivity index (χ2v) is 9.56. The molecule has 0 saturated carbocycles. The molecule has 1 rings (SSSR count). The normalized spacial score (nSPS) is 13.6. The summed E-state index contributed by atoms with van der Waals surface area (Å²) in [4.78, 5) is 66.1. The third-order valence-electron chi connectivity index (χ3n) is 6.09. The van der Waals surface area contributed by atoms with Gasteiger partial charge in [0.05, 0.1) is 6.04 Å². The summed E-state index contributed by atoms with van der Waals surface area (Å²) >= 11 is 0. The van der Waals surface area contributed by atoms with Crippen LogP contribution in [0.3, 0.4) is 0 Å². The number of hydrogen-bond acceptors (Lipinski definition) is 8. The molecule has 0 fully saturated rings. The van der Waals surface area contributed by atoms with Gasteiger partial charge in [0.1, 0.15) is 18.1 Å². The molecule has 0 aliphatic heterocycles. The second kappa shape index (κ2) is 18.9. The lowest BCUT2D eigenvalue weighted by molar-refractivity contribution is -0.142. The predicted molar refractivity (Wildman–Crippen MR) is 153 cm³/mol. The molecule has 15 nitrogen and oxygen atoms in total. The molecule has 14 N–H and O–H groups in total. The van der Waals surface area contributed by atoms with E-state index in [1.165, 1.54) is 0 Å². The number of benzene rings is 1. The first-order chi connectivity index (χ1) is 19.4. The molecule has 0 aliphatic carbocycles. The Bertz CT molecular complexity index is 1030. The maximum absolute atomic E-state index is 13.4. The number of primary amides is 1. The van der Waals surface area contributed by atoms with Crippen molar-refractivity contribution in [2.75, 3.05) is 13.1 Å². The van der Waals surface area contributed by atoms with Crippen LogP contribution in [0.15, 0.2) is 35.3 Å². The minimum Gasteiger partial charge on any atom is -0.480 e. The lowest BCUT2D eigenvalue weighted by Gasteiger charge is -2.25. The number of nitrogens with two attached hydrogens (primary N) is 5. The van der Waals surface area contributed by atoms with E-state index in [0.717, 1.165) is 0 Å². The minimum atomic E-state index is -1.41. The number of carboxylic acid groups (broad SMARTS) is 1. The predicted octanol–water partition coefficient (Wildman–Crippen LogP) is -2.46. The van der Waals surface area contributed by atoms with Gasteiger partial charge in [-0.05, 0) is 44.2 Å². The van der Waals surface area contributed by atoms with Crippen molar-refractivity contribution in [1.82, 2.24) is 16.0 Å². The SMILES string of the molecule is NCCCCC(N)C(=O)NC(CCCN=C(N)N)C(=O)NC(Cc1ccccc1)C(=O)NC(CCC(N)=O)C(=O)O. The quantitative estimate of drug-likeness (QED) is 0.0447. The number of hydrogen-bond donors (Lipinski definition) is 9. The number of guanidine groups is 1. The van der Waals surface area contributed by atoms with E-state index < -0.39 is 53.8 Å². The zero-order valence-electron chi connectivity index (χ0n) is 23.1. The van der Waals surface area contributed by atoms with Crippen LogP contribution in [0, 0.1) is 0 Å². The van der Waals surface area contributed by atoms with Gasteiger partial charge in [-0.2, -0.15) is 0 Å². The van der Waals surface area contributed by atoms with Crippen LogP contribution in [-0.2, 0) is 30.4 Å². The van der Waals surface area contributed by atoms with Gasteiger partial charge in [0.15, 0.2) is 5.96 Å². The van der Waals surface area contributed by atoms with Crippen molar-refractivity contribution in [1.29, 1.82) is 0 Å². The van der Waals surface area contributed by atoms with Crippen LogP contribution < -0.4 is 44.6 Å². The average molecular weight is 578 g/mol. The van der Waals surface area contributed by atoms with Gasteiger partial charge in [0.25, 0.3) is 0 Å². The third-order valence-corrected chi connectivity index (χ3v) is 6.09. The average Bonchev–Trinajstić information content (AvgIpc) is 2.92. The number of carbonyl (C=O) groups excluding carboxylic acids is 4. The molecule has 41 heavy (non-hydrogen) atoms. The molecule has 228 valence electrons. The van der Waals surface area contributed by atoms with Gasteiger partial charge in [-0.25, -0.2) is 4.79 Å². The zero-order valence-corrected chi connectivity index (χ0v) is 23.1. The van der Waals surface area contributed by atoms with Gasteiger partial charge >= 0.3 is 5.97 Å². The topological polar surface area (TPSA) is 284 Å². The van der Waals surface area contributed by atoms with Crippen LogP contribution >= 0.6 is 0 Å². The Balaban J connectivity index is 3.13. The number of aliphatic imine (C=N–C) groups is 1. The highest BCUT2D eigenvalue weighted by atomic mass is 16.4. The first kappa shape index (κ1) is 34.8. The van der Waals surface area contributed by atoms with Crippen molar-refractivity contribution in [3.05, 3.63) is 35.9 Å². The molecule has 0 bridgehead atoms. The summed E-state index contributed by atoms with van der Waals surface area (Å²) in [5, 5.41) is 17.1. The van der Waals surface area contributed by atoms with Crippen molar-refractivity contribution >= 4 is 35.6 Å². The highest BCUT2D eigenvalue weighted by Crippen LogP contribution is 2.08. The minimum absolute atomic E-state index is 0.0217. The number of carbonyl (C=O) groups is 5. The van der Waals surface area contributed by atoms with E-state index in [-0.39, 0.29) is 38.2 Å². The van der Waals surface area contributed by atoms with Gasteiger partial charge in [-0.1, -0.05) is 36.8 Å². The van der Waals surface area contributed by atoms with E-state index in [9.17, 15) is 29.1 Å². The Morgan fingerprint density at radius 2 is 1.39 bits per heavy atom. The highest BCUT2D eigenvalue weighted by Gasteiger charge is 2.30. The summed E-state index contributed by atoms with van der Waals surface area (Å²) in [6, 6.07) is 4.16. The molecule has 0 aromatic heterocycles. The summed E-state index contributed by atoms with van der Waals surface area (Å²) in [6.45, 7) is 0.652. The smallest absolute Gasteiger partial charge is 0.326 e. The van der Waals surface area contributed by atoms with Crippen LogP contribution in [-0.4, -0.2) is 77.9 Å². The van der Waals surface area contributed by atoms with E-state index in [2.05, 4.69) is 20.9 Å². The number of unbranched alkanes of at least 4 members (excludes halogenated alkanes) is 1. The Labute approximate surface area is 239 Å². The molecule has 1 aromatic carbocycles. The maximum atomic E-state index is 13.4. The number of rotatable bonds is 20. The molecule has 4 unspecified atom stereocenters. The molecule has 15 heteroatoms. The van der Waals surface area contributed by atoms with Crippen LogP contribution in [0.2, 0.25) is 0 Å². The summed E-state index contributed by atoms with van der Waals surface area (Å²) in [7, 11) is 0. The standard InChI is InChI=1S/C26H43N9O6/c27-13-5-4-9-17(28)22(37)33-18(10-6-14-32-26(30)31)23(38)35-20(15-16-7-2-1-3-8-16)24(39)34-19(25(40)41)11-12-21(29)36/h1-3,7-8,17-20H,4-6,9-15,27-28H2,(H2,29,36)(H,33,37)(H,34,39)(H,35,38)(H,40,41)(H4,30,31,32). The first-order valence-electron chi connectivity index (χ1n) is 13.4. The molecule has 4 atom stereocenters. The van der Waals surface area contributed by atoms with Gasteiger partial charge in [0, 0.05) is 19.4 Å². The molecule has 0 saturated heterocycles. The van der Waals surface area contributed by atoms with Crippen molar-refractivity contribution in [2.45, 2.75) is 75.5 Å². The van der Waals surface area contributed by atoms with Crippen LogP contribution in [0.25, 0.3) is 0 Å². The first-order valence-corrected chi connectivity index (χ1v) is 13.4. The highest BCUT2D eigenvalue weighted by molar-refractivity contribution is 5.94. The molecule has 4 amide bonds. The summed E-state index contributed by atoms with van der Waals surface area (Å²) in [6.07, 6.45) is 1.67. The number of nitrogens with one attached hydrogen (secondary N) is 3. The van der Waals surface area contributed by atoms with Crippen LogP contribution in [0.5, 0.6) is 0 Å². The number of carboxylic acids is 1. The molecule has 0 aliphatic rings. The number of nitrogens with zero attached hydrogens (tertiary/aromatic N) is 1. The Morgan fingerprint density at radius 1 is 0.780 bits per heavy atom. The van der Waals surface area contributed by atoms with Gasteiger partial charge in [0.2, 0.25) is 23.6 Å². The van der Waals surface area contributed by atoms with E-state index in [1.807, 2.05) is 0 Å². The Hall–Kier alpha value is -4.24. The monoisotopic (exact) mass is 577 g/mol. The van der Waals surface area contributed by atoms with Crippen molar-refractivity contribution in [3.8, 4) is 0 Å². The van der Waals surface area contributed by atoms with Crippen LogP contribution in [0.4, 0.5) is 0 Å².